The highest BCUT2D eigenvalue weighted by atomic mass is 16.5. The highest BCUT2D eigenvalue weighted by molar-refractivity contribution is 5.74. The summed E-state index contributed by atoms with van der Waals surface area (Å²) in [7, 11) is 0. The molecule has 3 aliphatic rings. The van der Waals surface area contributed by atoms with Crippen molar-refractivity contribution in [3.8, 4) is 22.9 Å². The minimum absolute atomic E-state index is 0.147. The van der Waals surface area contributed by atoms with E-state index in [2.05, 4.69) is 29.9 Å². The van der Waals surface area contributed by atoms with Crippen molar-refractivity contribution in [2.75, 3.05) is 61.4 Å². The summed E-state index contributed by atoms with van der Waals surface area (Å²) in [5.74, 6) is 1.14. The Kier molecular flexibility index (Phi) is 7.39. The molecule has 1 amide bonds. The number of aromatic hydroxyl groups is 1. The molecule has 2 bridgehead atoms. The number of benzene rings is 1. The number of carboxylic acid groups (broad SMARTS) is 1. The molecule has 0 aliphatic carbocycles. The van der Waals surface area contributed by atoms with Gasteiger partial charge in [-0.1, -0.05) is 12.1 Å². The van der Waals surface area contributed by atoms with E-state index in [0.29, 0.717) is 67.8 Å². The number of rotatable bonds is 7. The lowest BCUT2D eigenvalue weighted by Gasteiger charge is -2.43. The van der Waals surface area contributed by atoms with Crippen LogP contribution in [-0.4, -0.2) is 105 Å². The monoisotopic (exact) mass is 560 g/mol. The topological polar surface area (TPSA) is 144 Å². The number of phenolic OH excluding ortho intramolecular Hbond substituents is 1. The van der Waals surface area contributed by atoms with Crippen molar-refractivity contribution < 1.29 is 19.7 Å². The molecule has 0 spiro atoms. The van der Waals surface area contributed by atoms with Gasteiger partial charge in [-0.3, -0.25) is 4.90 Å². The van der Waals surface area contributed by atoms with E-state index in [4.69, 9.17) is 10.5 Å². The highest BCUT2D eigenvalue weighted by Gasteiger charge is 2.41. The minimum atomic E-state index is -0.860. The molecule has 3 aliphatic heterocycles. The van der Waals surface area contributed by atoms with E-state index in [1.807, 2.05) is 37.3 Å². The first kappa shape index (κ1) is 26.9. The van der Waals surface area contributed by atoms with Crippen LogP contribution in [0.25, 0.3) is 11.3 Å². The molecule has 216 valence electrons. The molecule has 3 atom stereocenters. The second kappa shape index (κ2) is 11.3. The molecule has 12 nitrogen and oxygen atoms in total. The second-order valence-corrected chi connectivity index (χ2v) is 11.0. The summed E-state index contributed by atoms with van der Waals surface area (Å²) >= 11 is 0. The first-order valence-corrected chi connectivity index (χ1v) is 14.1. The third-order valence-electron chi connectivity index (χ3n) is 8.48. The summed E-state index contributed by atoms with van der Waals surface area (Å²) < 4.78 is 6.05. The van der Waals surface area contributed by atoms with Gasteiger partial charge in [0.1, 0.15) is 12.4 Å². The van der Waals surface area contributed by atoms with Crippen LogP contribution in [0.4, 0.5) is 22.0 Å². The molecule has 4 N–H and O–H groups in total. The fourth-order valence-electron chi connectivity index (χ4n) is 6.39. The van der Waals surface area contributed by atoms with Crippen molar-refractivity contribution in [2.24, 2.45) is 0 Å². The van der Waals surface area contributed by atoms with Crippen LogP contribution in [0, 0.1) is 0 Å². The van der Waals surface area contributed by atoms with Crippen molar-refractivity contribution in [3.05, 3.63) is 48.7 Å². The lowest BCUT2D eigenvalue weighted by atomic mass is 10.1. The Labute approximate surface area is 239 Å². The van der Waals surface area contributed by atoms with E-state index in [0.717, 1.165) is 37.3 Å². The van der Waals surface area contributed by atoms with Crippen LogP contribution in [0.15, 0.2) is 48.7 Å². The number of ether oxygens (including phenoxy) is 1. The van der Waals surface area contributed by atoms with Gasteiger partial charge in [0, 0.05) is 80.9 Å². The van der Waals surface area contributed by atoms with Crippen LogP contribution in [0.5, 0.6) is 11.6 Å². The summed E-state index contributed by atoms with van der Waals surface area (Å²) in [6.07, 6.45) is 3.09. The number of amides is 1. The molecule has 6 rings (SSSR count). The fourth-order valence-corrected chi connectivity index (χ4v) is 6.39. The third kappa shape index (κ3) is 5.51. The first-order chi connectivity index (χ1) is 19.9. The Morgan fingerprint density at radius 2 is 1.85 bits per heavy atom. The van der Waals surface area contributed by atoms with Crippen LogP contribution in [0.1, 0.15) is 19.8 Å². The zero-order valence-corrected chi connectivity index (χ0v) is 23.1. The van der Waals surface area contributed by atoms with Crippen LogP contribution >= 0.6 is 0 Å². The zero-order valence-electron chi connectivity index (χ0n) is 23.1. The van der Waals surface area contributed by atoms with Gasteiger partial charge in [0.25, 0.3) is 0 Å². The predicted octanol–water partition coefficient (Wildman–Crippen LogP) is 2.75. The Morgan fingerprint density at radius 1 is 1.07 bits per heavy atom. The zero-order chi connectivity index (χ0) is 28.5. The van der Waals surface area contributed by atoms with E-state index in [9.17, 15) is 15.0 Å². The number of hydrogen-bond acceptors (Lipinski definition) is 10. The number of hydrogen-bond donors (Lipinski definition) is 3. The maximum Gasteiger partial charge on any atom is 0.407 e. The molecule has 0 radical (unpaired) electrons. The lowest BCUT2D eigenvalue weighted by molar-refractivity contribution is 0.0668. The van der Waals surface area contributed by atoms with Gasteiger partial charge >= 0.3 is 6.09 Å². The van der Waals surface area contributed by atoms with E-state index < -0.39 is 6.09 Å². The predicted molar refractivity (Wildman–Crippen MR) is 155 cm³/mol. The number of piperazine rings is 2. The second-order valence-electron chi connectivity index (χ2n) is 11.0. The van der Waals surface area contributed by atoms with Crippen LogP contribution in [0.2, 0.25) is 0 Å². The molecular weight excluding hydrogens is 524 g/mol. The van der Waals surface area contributed by atoms with Crippen molar-refractivity contribution in [1.82, 2.24) is 25.0 Å². The van der Waals surface area contributed by atoms with E-state index in [1.165, 1.54) is 4.90 Å². The maximum atomic E-state index is 11.3. The molecule has 3 saturated heterocycles. The number of aromatic nitrogens is 3. The van der Waals surface area contributed by atoms with Gasteiger partial charge in [0.2, 0.25) is 5.88 Å². The lowest BCUT2D eigenvalue weighted by Crippen LogP contribution is -2.54. The Bertz CT molecular complexity index is 1390. The summed E-state index contributed by atoms with van der Waals surface area (Å²) in [5, 5.41) is 28.0. The standard InChI is InChI=1S/C29H36N8O4/c1-19-16-35(29(39)40)11-10-34(19)12-13-41-27-14-20(8-9-31-27)37-21-6-7-22(37)18-36(17-21)25-15-24(32-33-28(25)30)23-4-2-3-5-26(23)38/h2-5,8-9,14-15,19,21-22,38H,6-7,10-13,16-18H2,1H3,(H2,30,33)(H,39,40). The number of anilines is 3. The number of phenols is 1. The largest absolute Gasteiger partial charge is 0.507 e. The van der Waals surface area contributed by atoms with E-state index in [-0.39, 0.29) is 11.8 Å². The van der Waals surface area contributed by atoms with E-state index in [1.54, 1.807) is 18.3 Å². The van der Waals surface area contributed by atoms with Gasteiger partial charge in [0.05, 0.1) is 11.4 Å². The minimum Gasteiger partial charge on any atom is -0.507 e. The number of para-hydroxylation sites is 1. The Balaban J connectivity index is 1.10. The van der Waals surface area contributed by atoms with Gasteiger partial charge in [-0.05, 0) is 44.0 Å². The van der Waals surface area contributed by atoms with Crippen LogP contribution < -0.4 is 20.3 Å². The smallest absolute Gasteiger partial charge is 0.407 e. The summed E-state index contributed by atoms with van der Waals surface area (Å²) in [5.41, 5.74) is 9.45. The number of fused-ring (bicyclic) bond motifs is 2. The van der Waals surface area contributed by atoms with Crippen molar-refractivity contribution >= 4 is 23.3 Å². The summed E-state index contributed by atoms with van der Waals surface area (Å²) in [4.78, 5) is 24.2. The van der Waals surface area contributed by atoms with Gasteiger partial charge in [0.15, 0.2) is 5.82 Å². The van der Waals surface area contributed by atoms with Gasteiger partial charge < -0.3 is 35.4 Å². The SMILES string of the molecule is CC1CN(C(=O)O)CCN1CCOc1cc(N2C3CCC2CN(c2cc(-c4ccccc4O)nnc2N)C3)ccn1. The molecule has 12 heteroatoms. The first-order valence-electron chi connectivity index (χ1n) is 14.1. The van der Waals surface area contributed by atoms with E-state index >= 15 is 0 Å². The number of nitrogens with zero attached hydrogens (tertiary/aromatic N) is 7. The van der Waals surface area contributed by atoms with Gasteiger partial charge in [-0.15, -0.1) is 10.2 Å². The van der Waals surface area contributed by atoms with Crippen molar-refractivity contribution in [1.29, 1.82) is 0 Å². The normalized spacial score (nSPS) is 22.7. The summed E-state index contributed by atoms with van der Waals surface area (Å²) in [6.45, 7) is 6.57. The summed E-state index contributed by atoms with van der Waals surface area (Å²) in [6, 6.07) is 13.8. The molecule has 41 heavy (non-hydrogen) atoms. The molecule has 0 saturated carbocycles. The molecule has 1 aromatic carbocycles. The Morgan fingerprint density at radius 3 is 2.59 bits per heavy atom. The average Bonchev–Trinajstić information content (AvgIpc) is 3.23. The fraction of sp³-hybridized carbons (Fsp3) is 0.448. The van der Waals surface area contributed by atoms with Gasteiger partial charge in [-0.25, -0.2) is 9.78 Å². The third-order valence-corrected chi connectivity index (χ3v) is 8.48. The van der Waals surface area contributed by atoms with Crippen LogP contribution in [-0.2, 0) is 0 Å². The molecular formula is C29H36N8O4. The molecule has 3 aromatic rings. The molecule has 2 aromatic heterocycles. The Hall–Kier alpha value is -4.32. The highest BCUT2D eigenvalue weighted by Crippen LogP contribution is 2.39. The maximum absolute atomic E-state index is 11.3. The number of carbonyl (C=O) groups is 1. The van der Waals surface area contributed by atoms with Crippen molar-refractivity contribution in [2.45, 2.75) is 37.9 Å². The van der Waals surface area contributed by atoms with Crippen LogP contribution in [0.3, 0.4) is 0 Å². The quantitative estimate of drug-likeness (QED) is 0.392. The average molecular weight is 561 g/mol. The molecule has 3 unspecified atom stereocenters. The van der Waals surface area contributed by atoms with Crippen molar-refractivity contribution in [3.63, 3.8) is 0 Å². The molecule has 3 fully saturated rings. The number of nitrogens with two attached hydrogens (primary N) is 1. The number of pyridine rings is 1. The number of nitrogen functional groups attached to an aromatic ring is 1. The molecule has 5 heterocycles. The van der Waals surface area contributed by atoms with Gasteiger partial charge in [-0.2, -0.15) is 0 Å².